The average Bonchev–Trinajstić information content (AvgIpc) is 2.74. The molecule has 16 heavy (non-hydrogen) atoms. The quantitative estimate of drug-likeness (QED) is 0.600. The second-order valence-corrected chi connectivity index (χ2v) is 4.90. The molecule has 3 heteroatoms. The van der Waals surface area contributed by atoms with Crippen LogP contribution in [0.1, 0.15) is 31.7 Å². The zero-order valence-corrected chi connectivity index (χ0v) is 9.89. The van der Waals surface area contributed by atoms with Crippen molar-refractivity contribution in [3.8, 4) is 0 Å². The third kappa shape index (κ3) is 2.60. The molecule has 1 aromatic rings. The van der Waals surface area contributed by atoms with E-state index in [2.05, 4.69) is 29.5 Å². The Hall–Kier alpha value is -0.930. The predicted octanol–water partition coefficient (Wildman–Crippen LogP) is 1.89. The fraction of sp³-hybridized carbons (Fsp3) is 0.615. The molecule has 88 valence electrons. The number of nitrogens with two attached hydrogens (primary N) is 1. The lowest BCUT2D eigenvalue weighted by atomic mass is 9.87. The molecule has 2 rings (SSSR count). The monoisotopic (exact) mass is 219 g/mol. The molecule has 1 heterocycles. The van der Waals surface area contributed by atoms with Crippen LogP contribution < -0.4 is 11.3 Å². The van der Waals surface area contributed by atoms with Gasteiger partial charge < -0.3 is 0 Å². The van der Waals surface area contributed by atoms with Crippen LogP contribution in [-0.4, -0.2) is 11.0 Å². The summed E-state index contributed by atoms with van der Waals surface area (Å²) in [5.74, 6) is 7.21. The molecule has 1 aliphatic rings. The minimum Gasteiger partial charge on any atom is -0.271 e. The van der Waals surface area contributed by atoms with Crippen molar-refractivity contribution in [2.75, 3.05) is 0 Å². The van der Waals surface area contributed by atoms with Gasteiger partial charge in [0.15, 0.2) is 0 Å². The zero-order chi connectivity index (χ0) is 11.4. The minimum absolute atomic E-state index is 0.403. The number of pyridine rings is 1. The second kappa shape index (κ2) is 5.41. The van der Waals surface area contributed by atoms with E-state index in [1.165, 1.54) is 24.8 Å². The second-order valence-electron chi connectivity index (χ2n) is 4.90. The summed E-state index contributed by atoms with van der Waals surface area (Å²) in [5, 5.41) is 0. The molecule has 3 unspecified atom stereocenters. The highest BCUT2D eigenvalue weighted by atomic mass is 15.2. The molecule has 0 spiro atoms. The predicted molar refractivity (Wildman–Crippen MR) is 65.6 cm³/mol. The number of aromatic nitrogens is 1. The van der Waals surface area contributed by atoms with Crippen LogP contribution in [0.4, 0.5) is 0 Å². The molecule has 1 saturated carbocycles. The van der Waals surface area contributed by atoms with E-state index in [0.29, 0.717) is 6.04 Å². The largest absolute Gasteiger partial charge is 0.271 e. The number of hydrazine groups is 1. The van der Waals surface area contributed by atoms with Gasteiger partial charge in [0, 0.05) is 18.4 Å². The molecule has 0 saturated heterocycles. The van der Waals surface area contributed by atoms with E-state index in [0.717, 1.165) is 18.3 Å². The van der Waals surface area contributed by atoms with Crippen LogP contribution in [0.2, 0.25) is 0 Å². The molecule has 1 fully saturated rings. The maximum Gasteiger partial charge on any atom is 0.0281 e. The van der Waals surface area contributed by atoms with Crippen LogP contribution in [0.25, 0.3) is 0 Å². The molecule has 0 amide bonds. The molecule has 3 nitrogen and oxygen atoms in total. The van der Waals surface area contributed by atoms with Gasteiger partial charge in [-0.3, -0.25) is 16.3 Å². The number of nitrogens with zero attached hydrogens (tertiary/aromatic N) is 1. The Balaban J connectivity index is 2.00. The van der Waals surface area contributed by atoms with Gasteiger partial charge >= 0.3 is 0 Å². The van der Waals surface area contributed by atoms with E-state index in [1.54, 1.807) is 0 Å². The van der Waals surface area contributed by atoms with Gasteiger partial charge in [-0.25, -0.2) is 0 Å². The summed E-state index contributed by atoms with van der Waals surface area (Å²) in [6, 6.07) is 4.55. The first-order chi connectivity index (χ1) is 7.81. The van der Waals surface area contributed by atoms with Crippen molar-refractivity contribution in [3.63, 3.8) is 0 Å². The number of hydrogen-bond acceptors (Lipinski definition) is 3. The van der Waals surface area contributed by atoms with Crippen molar-refractivity contribution in [3.05, 3.63) is 30.1 Å². The Morgan fingerprint density at radius 1 is 1.44 bits per heavy atom. The van der Waals surface area contributed by atoms with E-state index in [-0.39, 0.29) is 0 Å². The third-order valence-electron chi connectivity index (χ3n) is 3.86. The van der Waals surface area contributed by atoms with E-state index >= 15 is 0 Å². The molecular weight excluding hydrogens is 198 g/mol. The Kier molecular flexibility index (Phi) is 3.91. The van der Waals surface area contributed by atoms with E-state index in [1.807, 2.05) is 12.4 Å². The summed E-state index contributed by atoms with van der Waals surface area (Å²) in [5.41, 5.74) is 4.32. The first-order valence-electron chi connectivity index (χ1n) is 6.16. The summed E-state index contributed by atoms with van der Waals surface area (Å²) in [6.07, 6.45) is 8.71. The summed E-state index contributed by atoms with van der Waals surface area (Å²) >= 11 is 0. The van der Waals surface area contributed by atoms with E-state index in [4.69, 9.17) is 5.84 Å². The van der Waals surface area contributed by atoms with E-state index < -0.39 is 0 Å². The molecule has 3 N–H and O–H groups in total. The Labute approximate surface area is 97.4 Å². The highest BCUT2D eigenvalue weighted by molar-refractivity contribution is 5.12. The highest BCUT2D eigenvalue weighted by Crippen LogP contribution is 2.34. The van der Waals surface area contributed by atoms with Crippen molar-refractivity contribution < 1.29 is 0 Å². The van der Waals surface area contributed by atoms with E-state index in [9.17, 15) is 0 Å². The molecule has 0 radical (unpaired) electrons. The molecule has 3 atom stereocenters. The minimum atomic E-state index is 0.403. The Morgan fingerprint density at radius 3 is 2.75 bits per heavy atom. The molecule has 1 aliphatic carbocycles. The average molecular weight is 219 g/mol. The van der Waals surface area contributed by atoms with Crippen LogP contribution in [0.3, 0.4) is 0 Å². The van der Waals surface area contributed by atoms with Crippen LogP contribution in [-0.2, 0) is 6.42 Å². The maximum absolute atomic E-state index is 5.70. The smallest absolute Gasteiger partial charge is 0.0281 e. The van der Waals surface area contributed by atoms with Gasteiger partial charge in [0.1, 0.15) is 0 Å². The summed E-state index contributed by atoms with van der Waals surface area (Å²) in [7, 11) is 0. The maximum atomic E-state index is 5.70. The van der Waals surface area contributed by atoms with Crippen molar-refractivity contribution >= 4 is 0 Å². The van der Waals surface area contributed by atoms with Crippen LogP contribution in [0, 0.1) is 11.8 Å². The van der Waals surface area contributed by atoms with Gasteiger partial charge in [-0.15, -0.1) is 0 Å². The first kappa shape index (κ1) is 11.6. The van der Waals surface area contributed by atoms with Gasteiger partial charge in [-0.2, -0.15) is 0 Å². The molecular formula is C13H21N3. The van der Waals surface area contributed by atoms with Crippen LogP contribution in [0.5, 0.6) is 0 Å². The number of rotatable bonds is 4. The SMILES string of the molecule is CC1CCCC1C(Cc1ccncc1)NN. The number of hydrogen-bond donors (Lipinski definition) is 2. The normalized spacial score (nSPS) is 26.9. The lowest BCUT2D eigenvalue weighted by Crippen LogP contribution is -2.43. The lowest BCUT2D eigenvalue weighted by Gasteiger charge is -2.26. The van der Waals surface area contributed by atoms with Crippen LogP contribution in [0.15, 0.2) is 24.5 Å². The van der Waals surface area contributed by atoms with Gasteiger partial charge in [0.25, 0.3) is 0 Å². The summed E-state index contributed by atoms with van der Waals surface area (Å²) < 4.78 is 0. The van der Waals surface area contributed by atoms with Gasteiger partial charge in [-0.1, -0.05) is 19.8 Å². The molecule has 0 aliphatic heterocycles. The Bertz CT molecular complexity index is 312. The fourth-order valence-corrected chi connectivity index (χ4v) is 2.88. The van der Waals surface area contributed by atoms with Gasteiger partial charge in [-0.05, 0) is 42.4 Å². The van der Waals surface area contributed by atoms with Crippen molar-refractivity contribution in [1.29, 1.82) is 0 Å². The van der Waals surface area contributed by atoms with Crippen LogP contribution >= 0.6 is 0 Å². The zero-order valence-electron chi connectivity index (χ0n) is 9.89. The summed E-state index contributed by atoms with van der Waals surface area (Å²) in [6.45, 7) is 2.34. The van der Waals surface area contributed by atoms with Gasteiger partial charge in [0.05, 0.1) is 0 Å². The fourth-order valence-electron chi connectivity index (χ4n) is 2.88. The highest BCUT2D eigenvalue weighted by Gasteiger charge is 2.30. The molecule has 0 bridgehead atoms. The first-order valence-corrected chi connectivity index (χ1v) is 6.16. The topological polar surface area (TPSA) is 50.9 Å². The van der Waals surface area contributed by atoms with Gasteiger partial charge in [0.2, 0.25) is 0 Å². The van der Waals surface area contributed by atoms with Crippen molar-refractivity contribution in [2.45, 2.75) is 38.6 Å². The standard InChI is InChI=1S/C13H21N3/c1-10-3-2-4-12(10)13(16-14)9-11-5-7-15-8-6-11/h5-8,10,12-13,16H,2-4,9,14H2,1H3. The molecule has 1 aromatic heterocycles. The Morgan fingerprint density at radius 2 is 2.19 bits per heavy atom. The van der Waals surface area contributed by atoms with Crippen molar-refractivity contribution in [1.82, 2.24) is 10.4 Å². The summed E-state index contributed by atoms with van der Waals surface area (Å²) in [4.78, 5) is 4.04. The lowest BCUT2D eigenvalue weighted by molar-refractivity contribution is 0.297. The molecule has 0 aromatic carbocycles. The van der Waals surface area contributed by atoms with Crippen molar-refractivity contribution in [2.24, 2.45) is 17.7 Å². The third-order valence-corrected chi connectivity index (χ3v) is 3.86. The number of nitrogens with one attached hydrogen (secondary N) is 1.